The molecule has 0 aliphatic heterocycles. The van der Waals surface area contributed by atoms with E-state index in [1.165, 1.54) is 11.1 Å². The van der Waals surface area contributed by atoms with Crippen molar-refractivity contribution < 1.29 is 23.7 Å². The number of carbonyl (C=O) groups is 1. The number of carbonyl (C=O) groups excluding carboxylic acids is 1. The van der Waals surface area contributed by atoms with Crippen molar-refractivity contribution in [2.24, 2.45) is 0 Å². The van der Waals surface area contributed by atoms with E-state index < -0.39 is 0 Å². The van der Waals surface area contributed by atoms with Gasteiger partial charge in [0, 0.05) is 5.56 Å². The van der Waals surface area contributed by atoms with E-state index in [1.807, 2.05) is 32.0 Å². The topological polar surface area (TPSA) is 17.1 Å². The maximum Gasteiger partial charge on any atom is 1.00 e. The normalized spacial score (nSPS) is 10.6. The SMILES string of the molecule is Cc1cc(C)c(C(=O)Pc2ccccc2C)c(C)c1.[Li+]. The smallest absolute Gasteiger partial charge is 0.289 e. The second-order valence-electron chi connectivity index (χ2n) is 5.04. The Bertz CT molecular complexity index is 612. The molecule has 2 rings (SSSR count). The number of rotatable bonds is 3. The van der Waals surface area contributed by atoms with Crippen LogP contribution in [-0.2, 0) is 0 Å². The predicted octanol–water partition coefficient (Wildman–Crippen LogP) is 1.07. The Labute approximate surface area is 135 Å². The molecule has 2 aromatic carbocycles. The third-order valence-corrected chi connectivity index (χ3v) is 4.60. The predicted molar refractivity (Wildman–Crippen MR) is 84.1 cm³/mol. The molecular formula is C17H19LiOP+. The summed E-state index contributed by atoms with van der Waals surface area (Å²) in [7, 11) is 0.205. The second kappa shape index (κ2) is 7.23. The molecule has 1 unspecified atom stereocenters. The molecule has 0 saturated carbocycles. The van der Waals surface area contributed by atoms with Crippen molar-refractivity contribution in [1.82, 2.24) is 0 Å². The Hall–Kier alpha value is -0.863. The Morgan fingerprint density at radius 1 is 0.900 bits per heavy atom. The first-order valence-corrected chi connectivity index (χ1v) is 7.44. The summed E-state index contributed by atoms with van der Waals surface area (Å²) in [5.41, 5.74) is 5.71. The van der Waals surface area contributed by atoms with E-state index in [9.17, 15) is 4.79 Å². The van der Waals surface area contributed by atoms with Crippen LogP contribution in [0.25, 0.3) is 0 Å². The van der Waals surface area contributed by atoms with Crippen molar-refractivity contribution in [2.45, 2.75) is 27.7 Å². The number of benzene rings is 2. The van der Waals surface area contributed by atoms with Gasteiger partial charge in [0.05, 0.1) is 0 Å². The van der Waals surface area contributed by atoms with E-state index in [0.29, 0.717) is 0 Å². The van der Waals surface area contributed by atoms with Crippen LogP contribution in [0.2, 0.25) is 0 Å². The van der Waals surface area contributed by atoms with Gasteiger partial charge in [-0.15, -0.1) is 0 Å². The molecule has 2 aromatic rings. The Balaban J connectivity index is 0.00000200. The van der Waals surface area contributed by atoms with Crippen LogP contribution in [0, 0.1) is 27.7 Å². The molecule has 0 N–H and O–H groups in total. The molecule has 0 aliphatic rings. The molecule has 1 nitrogen and oxygen atoms in total. The zero-order valence-corrected chi connectivity index (χ0v) is 13.9. The van der Waals surface area contributed by atoms with Crippen molar-refractivity contribution in [3.8, 4) is 0 Å². The van der Waals surface area contributed by atoms with E-state index >= 15 is 0 Å². The van der Waals surface area contributed by atoms with Gasteiger partial charge < -0.3 is 0 Å². The van der Waals surface area contributed by atoms with Gasteiger partial charge in [-0.3, -0.25) is 4.79 Å². The average Bonchev–Trinajstić information content (AvgIpc) is 2.30. The summed E-state index contributed by atoms with van der Waals surface area (Å²) in [5.74, 6) is 0. The molecule has 1 atom stereocenters. The average molecular weight is 277 g/mol. The maximum atomic E-state index is 12.5. The van der Waals surface area contributed by atoms with Crippen molar-refractivity contribution in [3.63, 3.8) is 0 Å². The minimum atomic E-state index is 0. The van der Waals surface area contributed by atoms with Crippen LogP contribution < -0.4 is 24.2 Å². The number of hydrogen-bond acceptors (Lipinski definition) is 1. The molecule has 3 heteroatoms. The Morgan fingerprint density at radius 3 is 2.00 bits per heavy atom. The molecule has 0 spiro atoms. The van der Waals surface area contributed by atoms with Gasteiger partial charge in [0.2, 0.25) is 0 Å². The number of hydrogen-bond donors (Lipinski definition) is 0. The summed E-state index contributed by atoms with van der Waals surface area (Å²) in [6.07, 6.45) is 0. The molecular weight excluding hydrogens is 258 g/mol. The molecule has 0 amide bonds. The summed E-state index contributed by atoms with van der Waals surface area (Å²) in [5, 5.41) is 1.15. The molecule has 0 radical (unpaired) electrons. The molecule has 0 bridgehead atoms. The van der Waals surface area contributed by atoms with E-state index in [-0.39, 0.29) is 33.0 Å². The fourth-order valence-corrected chi connectivity index (χ4v) is 3.66. The standard InChI is InChI=1S/C17H19OP.Li/c1-11-9-13(3)16(14(4)10-11)17(18)19-15-8-6-5-7-12(15)2;/h5-10,19H,1-4H3;/q;+1. The van der Waals surface area contributed by atoms with Gasteiger partial charge >= 0.3 is 18.9 Å². The fraction of sp³-hybridized carbons (Fsp3) is 0.235. The quantitative estimate of drug-likeness (QED) is 0.606. The van der Waals surface area contributed by atoms with Gasteiger partial charge in [-0.2, -0.15) is 0 Å². The van der Waals surface area contributed by atoms with Crippen LogP contribution in [0.3, 0.4) is 0 Å². The van der Waals surface area contributed by atoms with Crippen LogP contribution in [0.5, 0.6) is 0 Å². The molecule has 20 heavy (non-hydrogen) atoms. The monoisotopic (exact) mass is 277 g/mol. The van der Waals surface area contributed by atoms with Crippen LogP contribution in [0.15, 0.2) is 36.4 Å². The first-order valence-electron chi connectivity index (χ1n) is 6.44. The van der Waals surface area contributed by atoms with Crippen molar-refractivity contribution >= 4 is 19.4 Å². The van der Waals surface area contributed by atoms with Gasteiger partial charge in [0.1, 0.15) is 0 Å². The molecule has 0 heterocycles. The summed E-state index contributed by atoms with van der Waals surface area (Å²) >= 11 is 0. The maximum absolute atomic E-state index is 12.5. The van der Waals surface area contributed by atoms with Crippen LogP contribution >= 0.6 is 8.58 Å². The van der Waals surface area contributed by atoms with E-state index in [1.54, 1.807) is 0 Å². The van der Waals surface area contributed by atoms with Crippen molar-refractivity contribution in [1.29, 1.82) is 0 Å². The minimum absolute atomic E-state index is 0. The first-order chi connectivity index (χ1) is 8.99. The van der Waals surface area contributed by atoms with Gasteiger partial charge in [-0.1, -0.05) is 42.0 Å². The van der Waals surface area contributed by atoms with E-state index in [2.05, 4.69) is 32.0 Å². The van der Waals surface area contributed by atoms with Crippen LogP contribution in [0.4, 0.5) is 0 Å². The van der Waals surface area contributed by atoms with Gasteiger partial charge in [-0.05, 0) is 58.3 Å². The largest absolute Gasteiger partial charge is 1.00 e. The minimum Gasteiger partial charge on any atom is -0.289 e. The van der Waals surface area contributed by atoms with Crippen molar-refractivity contribution in [3.05, 3.63) is 64.2 Å². The van der Waals surface area contributed by atoms with Crippen LogP contribution in [0.1, 0.15) is 32.6 Å². The van der Waals surface area contributed by atoms with E-state index in [4.69, 9.17) is 0 Å². The second-order valence-corrected chi connectivity index (χ2v) is 6.29. The third kappa shape index (κ3) is 3.83. The zero-order chi connectivity index (χ0) is 14.0. The summed E-state index contributed by atoms with van der Waals surface area (Å²) in [4.78, 5) is 12.5. The molecule has 0 aromatic heterocycles. The van der Waals surface area contributed by atoms with Gasteiger partial charge in [0.15, 0.2) is 5.52 Å². The zero-order valence-electron chi connectivity index (χ0n) is 12.9. The Kier molecular flexibility index (Phi) is 6.22. The molecule has 0 fully saturated rings. The summed E-state index contributed by atoms with van der Waals surface area (Å²) in [6, 6.07) is 12.3. The Morgan fingerprint density at radius 2 is 1.45 bits per heavy atom. The third-order valence-electron chi connectivity index (χ3n) is 3.30. The molecule has 0 saturated heterocycles. The van der Waals surface area contributed by atoms with Crippen LogP contribution in [-0.4, -0.2) is 5.52 Å². The summed E-state index contributed by atoms with van der Waals surface area (Å²) in [6.45, 7) is 8.17. The van der Waals surface area contributed by atoms with E-state index in [0.717, 1.165) is 22.0 Å². The summed E-state index contributed by atoms with van der Waals surface area (Å²) < 4.78 is 0. The van der Waals surface area contributed by atoms with Crippen molar-refractivity contribution in [2.75, 3.05) is 0 Å². The number of aryl methyl sites for hydroxylation is 4. The molecule has 0 aliphatic carbocycles. The van der Waals surface area contributed by atoms with Gasteiger partial charge in [-0.25, -0.2) is 0 Å². The van der Waals surface area contributed by atoms with Gasteiger partial charge in [0.25, 0.3) is 0 Å². The molecule has 98 valence electrons. The first kappa shape index (κ1) is 17.2. The fourth-order valence-electron chi connectivity index (χ4n) is 2.44.